The Labute approximate surface area is 89.5 Å². The predicted molar refractivity (Wildman–Crippen MR) is 58.6 cm³/mol. The number of rotatable bonds is 3. The molecule has 0 unspecified atom stereocenters. The van der Waals surface area contributed by atoms with E-state index in [1.54, 1.807) is 6.20 Å². The van der Waals surface area contributed by atoms with Gasteiger partial charge in [0, 0.05) is 32.4 Å². The van der Waals surface area contributed by atoms with Gasteiger partial charge < -0.3 is 4.90 Å². The minimum Gasteiger partial charge on any atom is -0.354 e. The van der Waals surface area contributed by atoms with Crippen molar-refractivity contribution in [3.05, 3.63) is 24.4 Å². The van der Waals surface area contributed by atoms with E-state index >= 15 is 0 Å². The van der Waals surface area contributed by atoms with Crippen LogP contribution in [0, 0.1) is 0 Å². The van der Waals surface area contributed by atoms with Gasteiger partial charge in [-0.25, -0.2) is 4.98 Å². The molecule has 0 aliphatic carbocycles. The molecule has 1 aromatic heterocycles. The molecule has 0 amide bonds. The lowest BCUT2D eigenvalue weighted by atomic mass is 10.3. The van der Waals surface area contributed by atoms with Crippen molar-refractivity contribution in [2.75, 3.05) is 37.6 Å². The van der Waals surface area contributed by atoms with Gasteiger partial charge in [0.05, 0.1) is 6.54 Å². The first kappa shape index (κ1) is 10.1. The SMILES string of the molecule is O=[C]CN1CCN(c2ccccn2)CC1. The molecule has 2 heterocycles. The number of hydrogen-bond acceptors (Lipinski definition) is 4. The first-order valence-corrected chi connectivity index (χ1v) is 5.13. The zero-order valence-electron chi connectivity index (χ0n) is 8.59. The van der Waals surface area contributed by atoms with Crippen LogP contribution < -0.4 is 4.90 Å². The highest BCUT2D eigenvalue weighted by molar-refractivity contribution is 5.53. The molecule has 0 atom stereocenters. The Bertz CT molecular complexity index is 307. The van der Waals surface area contributed by atoms with E-state index in [0.29, 0.717) is 6.54 Å². The molecule has 0 spiro atoms. The fraction of sp³-hybridized carbons (Fsp3) is 0.455. The molecule has 1 aliphatic rings. The Balaban J connectivity index is 1.91. The van der Waals surface area contributed by atoms with Crippen molar-refractivity contribution >= 4 is 12.1 Å². The fourth-order valence-electron chi connectivity index (χ4n) is 1.77. The highest BCUT2D eigenvalue weighted by Gasteiger charge is 2.16. The normalized spacial score (nSPS) is 17.7. The lowest BCUT2D eigenvalue weighted by molar-refractivity contribution is 0.287. The zero-order chi connectivity index (χ0) is 10.5. The first-order chi connectivity index (χ1) is 7.40. The van der Waals surface area contributed by atoms with Crippen LogP contribution in [-0.4, -0.2) is 48.9 Å². The van der Waals surface area contributed by atoms with Crippen molar-refractivity contribution in [1.82, 2.24) is 9.88 Å². The Kier molecular flexibility index (Phi) is 3.29. The number of carbonyl (C=O) groups excluding carboxylic acids is 1. The summed E-state index contributed by atoms with van der Waals surface area (Å²) in [5.41, 5.74) is 0. The standard InChI is InChI=1S/C11H14N3O/c15-10-9-13-5-7-14(8-6-13)11-3-1-2-4-12-11/h1-4H,5-9H2. The molecule has 0 aromatic carbocycles. The molecular weight excluding hydrogens is 190 g/mol. The predicted octanol–water partition coefficient (Wildman–Crippen LogP) is 0.313. The lowest BCUT2D eigenvalue weighted by Crippen LogP contribution is -2.47. The summed E-state index contributed by atoms with van der Waals surface area (Å²) < 4.78 is 0. The van der Waals surface area contributed by atoms with Crippen molar-refractivity contribution in [1.29, 1.82) is 0 Å². The van der Waals surface area contributed by atoms with Crippen LogP contribution in [-0.2, 0) is 4.79 Å². The summed E-state index contributed by atoms with van der Waals surface area (Å²) in [6.07, 6.45) is 3.74. The van der Waals surface area contributed by atoms with Gasteiger partial charge in [-0.1, -0.05) is 6.07 Å². The molecule has 15 heavy (non-hydrogen) atoms. The van der Waals surface area contributed by atoms with Crippen LogP contribution in [0.1, 0.15) is 0 Å². The largest absolute Gasteiger partial charge is 0.354 e. The van der Waals surface area contributed by atoms with Gasteiger partial charge in [-0.2, -0.15) is 0 Å². The molecule has 0 bridgehead atoms. The van der Waals surface area contributed by atoms with Crippen LogP contribution in [0.5, 0.6) is 0 Å². The van der Waals surface area contributed by atoms with E-state index in [-0.39, 0.29) is 0 Å². The Morgan fingerprint density at radius 1 is 1.27 bits per heavy atom. The molecule has 0 N–H and O–H groups in total. The minimum absolute atomic E-state index is 0.427. The van der Waals surface area contributed by atoms with Gasteiger partial charge in [-0.05, 0) is 12.1 Å². The van der Waals surface area contributed by atoms with E-state index in [0.717, 1.165) is 32.0 Å². The smallest absolute Gasteiger partial charge is 0.213 e. The number of nitrogens with zero attached hydrogens (tertiary/aromatic N) is 3. The molecule has 0 saturated carbocycles. The third-order valence-corrected chi connectivity index (χ3v) is 2.63. The number of hydrogen-bond donors (Lipinski definition) is 0. The summed E-state index contributed by atoms with van der Waals surface area (Å²) >= 11 is 0. The Hall–Kier alpha value is -1.42. The molecule has 4 nitrogen and oxygen atoms in total. The molecular formula is C11H14N3O. The van der Waals surface area contributed by atoms with Crippen molar-refractivity contribution in [2.45, 2.75) is 0 Å². The maximum absolute atomic E-state index is 10.2. The summed E-state index contributed by atoms with van der Waals surface area (Å²) in [7, 11) is 0. The van der Waals surface area contributed by atoms with Crippen molar-refractivity contribution in [3.8, 4) is 0 Å². The second kappa shape index (κ2) is 4.89. The minimum atomic E-state index is 0.427. The van der Waals surface area contributed by atoms with Gasteiger partial charge in [0.2, 0.25) is 6.29 Å². The molecule has 1 radical (unpaired) electrons. The van der Waals surface area contributed by atoms with Gasteiger partial charge >= 0.3 is 0 Å². The van der Waals surface area contributed by atoms with E-state index in [1.807, 2.05) is 24.5 Å². The van der Waals surface area contributed by atoms with Crippen molar-refractivity contribution in [3.63, 3.8) is 0 Å². The third kappa shape index (κ3) is 2.53. The van der Waals surface area contributed by atoms with Crippen molar-refractivity contribution in [2.24, 2.45) is 0 Å². The molecule has 2 rings (SSSR count). The third-order valence-electron chi connectivity index (χ3n) is 2.63. The van der Waals surface area contributed by atoms with Crippen LogP contribution in [0.2, 0.25) is 0 Å². The van der Waals surface area contributed by atoms with E-state index in [4.69, 9.17) is 0 Å². The van der Waals surface area contributed by atoms with Crippen molar-refractivity contribution < 1.29 is 4.79 Å². The van der Waals surface area contributed by atoms with Gasteiger partial charge in [0.1, 0.15) is 5.82 Å². The number of piperazine rings is 1. The summed E-state index contributed by atoms with van der Waals surface area (Å²) in [6, 6.07) is 5.93. The van der Waals surface area contributed by atoms with Crippen LogP contribution in [0.15, 0.2) is 24.4 Å². The molecule has 4 heteroatoms. The summed E-state index contributed by atoms with van der Waals surface area (Å²) in [5, 5.41) is 0. The number of anilines is 1. The van der Waals surface area contributed by atoms with Gasteiger partial charge in [0.25, 0.3) is 0 Å². The summed E-state index contributed by atoms with van der Waals surface area (Å²) in [4.78, 5) is 18.9. The second-order valence-electron chi connectivity index (χ2n) is 3.60. The average Bonchev–Trinajstić information content (AvgIpc) is 2.32. The van der Waals surface area contributed by atoms with E-state index < -0.39 is 0 Å². The quantitative estimate of drug-likeness (QED) is 0.710. The first-order valence-electron chi connectivity index (χ1n) is 5.13. The number of pyridine rings is 1. The molecule has 1 fully saturated rings. The fourth-order valence-corrected chi connectivity index (χ4v) is 1.77. The Morgan fingerprint density at radius 2 is 2.07 bits per heavy atom. The van der Waals surface area contributed by atoms with E-state index in [2.05, 4.69) is 14.8 Å². The second-order valence-corrected chi connectivity index (χ2v) is 3.60. The van der Waals surface area contributed by atoms with Gasteiger partial charge in [-0.15, -0.1) is 0 Å². The highest BCUT2D eigenvalue weighted by Crippen LogP contribution is 2.11. The Morgan fingerprint density at radius 3 is 2.67 bits per heavy atom. The van der Waals surface area contributed by atoms with E-state index in [9.17, 15) is 4.79 Å². The lowest BCUT2D eigenvalue weighted by Gasteiger charge is -2.34. The molecule has 1 saturated heterocycles. The zero-order valence-corrected chi connectivity index (χ0v) is 8.59. The maximum atomic E-state index is 10.2. The van der Waals surface area contributed by atoms with Gasteiger partial charge in [0.15, 0.2) is 0 Å². The summed E-state index contributed by atoms with van der Waals surface area (Å²) in [5.74, 6) is 1.02. The molecule has 1 aromatic rings. The molecule has 1 aliphatic heterocycles. The van der Waals surface area contributed by atoms with Crippen LogP contribution >= 0.6 is 0 Å². The maximum Gasteiger partial charge on any atom is 0.213 e. The monoisotopic (exact) mass is 204 g/mol. The van der Waals surface area contributed by atoms with Crippen LogP contribution in [0.4, 0.5) is 5.82 Å². The molecule has 79 valence electrons. The topological polar surface area (TPSA) is 36.4 Å². The average molecular weight is 204 g/mol. The highest BCUT2D eigenvalue weighted by atomic mass is 16.1. The van der Waals surface area contributed by atoms with Crippen LogP contribution in [0.25, 0.3) is 0 Å². The number of aromatic nitrogens is 1. The van der Waals surface area contributed by atoms with E-state index in [1.165, 1.54) is 0 Å². The van der Waals surface area contributed by atoms with Gasteiger partial charge in [-0.3, -0.25) is 9.69 Å². The summed E-state index contributed by atoms with van der Waals surface area (Å²) in [6.45, 7) is 4.10. The van der Waals surface area contributed by atoms with Crippen LogP contribution in [0.3, 0.4) is 0 Å².